The van der Waals surface area contributed by atoms with Crippen LogP contribution in [0.15, 0.2) is 24.3 Å². The summed E-state index contributed by atoms with van der Waals surface area (Å²) in [5, 5.41) is 27.8. The molecule has 2 rings (SSSR count). The van der Waals surface area contributed by atoms with Gasteiger partial charge in [0.1, 0.15) is 0 Å². The molecule has 4 N–H and O–H groups in total. The van der Waals surface area contributed by atoms with Crippen molar-refractivity contribution in [3.05, 3.63) is 39.9 Å². The highest BCUT2D eigenvalue weighted by molar-refractivity contribution is 5.83. The zero-order chi connectivity index (χ0) is 20.4. The van der Waals surface area contributed by atoms with E-state index in [0.717, 1.165) is 31.2 Å². The minimum atomic E-state index is -0.893. The molecule has 0 saturated heterocycles. The lowest BCUT2D eigenvalue weighted by Gasteiger charge is -2.29. The predicted molar refractivity (Wildman–Crippen MR) is 99.9 cm³/mol. The number of aliphatic carboxylic acids is 1. The number of carboxylic acid groups (broad SMARTS) is 1. The molecule has 1 aromatic rings. The molecule has 1 amide bonds. The highest BCUT2D eigenvalue weighted by atomic mass is 16.6. The highest BCUT2D eigenvalue weighted by Gasteiger charge is 2.36. The van der Waals surface area contributed by atoms with Crippen molar-refractivity contribution in [2.45, 2.75) is 45.4 Å². The smallest absolute Gasteiger partial charge is 0.307 e. The van der Waals surface area contributed by atoms with Crippen LogP contribution in [0.1, 0.15) is 44.6 Å². The molecule has 150 valence electrons. The molecule has 8 heteroatoms. The molecule has 3 unspecified atom stereocenters. The molecule has 3 atom stereocenters. The molecule has 27 heavy (non-hydrogen) atoms. The second-order valence-electron chi connectivity index (χ2n) is 6.98. The number of aliphatic hydroxyl groups excluding tert-OH is 1. The van der Waals surface area contributed by atoms with Crippen molar-refractivity contribution in [3.63, 3.8) is 0 Å². The van der Waals surface area contributed by atoms with Gasteiger partial charge in [0, 0.05) is 18.7 Å². The third-order valence-electron chi connectivity index (χ3n) is 4.82. The lowest BCUT2D eigenvalue weighted by Crippen LogP contribution is -2.38. The Balaban J connectivity index is 0.000000271. The summed E-state index contributed by atoms with van der Waals surface area (Å²) < 4.78 is 0. The number of unbranched alkanes of at least 4 members (excludes halogenated alkanes) is 1. The van der Waals surface area contributed by atoms with Crippen LogP contribution in [0, 0.1) is 27.9 Å². The number of carbonyl (C=O) groups is 2. The van der Waals surface area contributed by atoms with Crippen LogP contribution in [-0.4, -0.2) is 33.6 Å². The van der Waals surface area contributed by atoms with Gasteiger partial charge in [-0.3, -0.25) is 19.7 Å². The van der Waals surface area contributed by atoms with E-state index in [9.17, 15) is 19.7 Å². The molecule has 0 radical (unpaired) electrons. The zero-order valence-electron chi connectivity index (χ0n) is 15.5. The SMILES string of the molecule is CC1CCC(C(N)=O)C(C(=O)O)C1.O=[N+]([O-])c1ccc(CCCCO)cc1. The predicted octanol–water partition coefficient (Wildman–Crippen LogP) is 2.52. The van der Waals surface area contributed by atoms with E-state index in [1.165, 1.54) is 12.1 Å². The topological polar surface area (TPSA) is 144 Å². The molecule has 0 spiro atoms. The molecule has 8 nitrogen and oxygen atoms in total. The van der Waals surface area contributed by atoms with Crippen LogP contribution >= 0.6 is 0 Å². The van der Waals surface area contributed by atoms with Gasteiger partial charge in [0.15, 0.2) is 0 Å². The first kappa shape index (κ1) is 22.6. The molecule has 1 saturated carbocycles. The van der Waals surface area contributed by atoms with Gasteiger partial charge in [-0.05, 0) is 50.0 Å². The fourth-order valence-electron chi connectivity index (χ4n) is 3.22. The molecule has 0 heterocycles. The van der Waals surface area contributed by atoms with Crippen molar-refractivity contribution in [2.75, 3.05) is 6.61 Å². The van der Waals surface area contributed by atoms with Crippen LogP contribution in [0.25, 0.3) is 0 Å². The van der Waals surface area contributed by atoms with Crippen LogP contribution in [0.5, 0.6) is 0 Å². The average molecular weight is 380 g/mol. The Morgan fingerprint density at radius 2 is 1.81 bits per heavy atom. The van der Waals surface area contributed by atoms with Gasteiger partial charge in [-0.15, -0.1) is 0 Å². The van der Waals surface area contributed by atoms with Gasteiger partial charge < -0.3 is 15.9 Å². The minimum absolute atomic E-state index is 0.121. The van der Waals surface area contributed by atoms with Crippen LogP contribution in [0.2, 0.25) is 0 Å². The maximum atomic E-state index is 10.9. The third-order valence-corrected chi connectivity index (χ3v) is 4.82. The van der Waals surface area contributed by atoms with Gasteiger partial charge in [-0.1, -0.05) is 19.1 Å². The number of aryl methyl sites for hydroxylation is 1. The first-order chi connectivity index (χ1) is 12.8. The third kappa shape index (κ3) is 7.74. The van der Waals surface area contributed by atoms with Crippen molar-refractivity contribution >= 4 is 17.6 Å². The quantitative estimate of drug-likeness (QED) is 0.377. The zero-order valence-corrected chi connectivity index (χ0v) is 15.5. The maximum absolute atomic E-state index is 10.9. The lowest BCUT2D eigenvalue weighted by atomic mass is 9.74. The number of aliphatic hydroxyl groups is 1. The number of nitrogens with two attached hydrogens (primary N) is 1. The number of primary amides is 1. The van der Waals surface area contributed by atoms with Gasteiger partial charge in [0.25, 0.3) is 5.69 Å². The first-order valence-electron chi connectivity index (χ1n) is 9.12. The summed E-state index contributed by atoms with van der Waals surface area (Å²) in [6, 6.07) is 6.54. The van der Waals surface area contributed by atoms with Crippen molar-refractivity contribution < 1.29 is 24.7 Å². The van der Waals surface area contributed by atoms with Gasteiger partial charge in [0.05, 0.1) is 16.8 Å². The normalized spacial score (nSPS) is 21.6. The van der Waals surface area contributed by atoms with E-state index in [0.29, 0.717) is 18.8 Å². The van der Waals surface area contributed by atoms with Gasteiger partial charge in [0.2, 0.25) is 5.91 Å². The fourth-order valence-corrected chi connectivity index (χ4v) is 3.22. The summed E-state index contributed by atoms with van der Waals surface area (Å²) in [4.78, 5) is 31.7. The first-order valence-corrected chi connectivity index (χ1v) is 9.12. The van der Waals surface area contributed by atoms with E-state index in [4.69, 9.17) is 15.9 Å². The molecule has 0 bridgehead atoms. The minimum Gasteiger partial charge on any atom is -0.481 e. The number of benzene rings is 1. The number of hydrogen-bond acceptors (Lipinski definition) is 5. The number of carbonyl (C=O) groups excluding carboxylic acids is 1. The molecule has 0 aromatic heterocycles. The van der Waals surface area contributed by atoms with Crippen molar-refractivity contribution in [2.24, 2.45) is 23.5 Å². The maximum Gasteiger partial charge on any atom is 0.307 e. The van der Waals surface area contributed by atoms with E-state index < -0.39 is 28.6 Å². The van der Waals surface area contributed by atoms with Crippen LogP contribution in [0.4, 0.5) is 5.69 Å². The van der Waals surface area contributed by atoms with E-state index in [1.807, 2.05) is 6.92 Å². The van der Waals surface area contributed by atoms with Crippen LogP contribution in [0.3, 0.4) is 0 Å². The number of nitrogens with zero attached hydrogens (tertiary/aromatic N) is 1. The van der Waals surface area contributed by atoms with E-state index in [2.05, 4.69) is 0 Å². The van der Waals surface area contributed by atoms with Gasteiger partial charge in [-0.2, -0.15) is 0 Å². The summed E-state index contributed by atoms with van der Waals surface area (Å²) in [7, 11) is 0. The van der Waals surface area contributed by atoms with Crippen LogP contribution in [-0.2, 0) is 16.0 Å². The number of non-ortho nitro benzene ring substituents is 1. The van der Waals surface area contributed by atoms with E-state index in [-0.39, 0.29) is 12.3 Å². The number of amides is 1. The van der Waals surface area contributed by atoms with Crippen LogP contribution < -0.4 is 5.73 Å². The Kier molecular flexibility index (Phi) is 9.42. The largest absolute Gasteiger partial charge is 0.481 e. The molecular weight excluding hydrogens is 352 g/mol. The Bertz CT molecular complexity index is 632. The Labute approximate surface area is 158 Å². The Morgan fingerprint density at radius 1 is 1.19 bits per heavy atom. The lowest BCUT2D eigenvalue weighted by molar-refractivity contribution is -0.384. The monoisotopic (exact) mass is 380 g/mol. The van der Waals surface area contributed by atoms with Gasteiger partial charge >= 0.3 is 5.97 Å². The second-order valence-corrected chi connectivity index (χ2v) is 6.98. The molecular formula is C19H28N2O6. The Hall–Kier alpha value is -2.48. The molecule has 1 aliphatic carbocycles. The summed E-state index contributed by atoms with van der Waals surface area (Å²) >= 11 is 0. The number of carboxylic acids is 1. The molecule has 1 fully saturated rings. The average Bonchev–Trinajstić information content (AvgIpc) is 2.62. The summed E-state index contributed by atoms with van der Waals surface area (Å²) in [6.07, 6.45) is 4.64. The highest BCUT2D eigenvalue weighted by Crippen LogP contribution is 2.33. The molecule has 0 aliphatic heterocycles. The number of hydrogen-bond donors (Lipinski definition) is 3. The molecule has 1 aromatic carbocycles. The summed E-state index contributed by atoms with van der Waals surface area (Å²) in [5.41, 5.74) is 6.33. The second kappa shape index (κ2) is 11.3. The molecule has 1 aliphatic rings. The fraction of sp³-hybridized carbons (Fsp3) is 0.579. The summed E-state index contributed by atoms with van der Waals surface area (Å²) in [5.74, 6) is -2.01. The summed E-state index contributed by atoms with van der Waals surface area (Å²) in [6.45, 7) is 2.21. The standard InChI is InChI=1S/C10H13NO3.C9H15NO3/c12-8-2-1-3-9-4-6-10(7-5-9)11(13)14;1-5-2-3-6(8(10)11)7(4-5)9(12)13/h4-7,12H,1-3,8H2;5-7H,2-4H2,1H3,(H2,10,11)(H,12,13). The van der Waals surface area contributed by atoms with Crippen molar-refractivity contribution in [1.29, 1.82) is 0 Å². The van der Waals surface area contributed by atoms with E-state index in [1.54, 1.807) is 12.1 Å². The van der Waals surface area contributed by atoms with Crippen molar-refractivity contribution in [3.8, 4) is 0 Å². The van der Waals surface area contributed by atoms with Crippen molar-refractivity contribution in [1.82, 2.24) is 0 Å². The number of nitro benzene ring substituents is 1. The number of rotatable bonds is 7. The Morgan fingerprint density at radius 3 is 2.30 bits per heavy atom. The van der Waals surface area contributed by atoms with E-state index >= 15 is 0 Å². The van der Waals surface area contributed by atoms with Gasteiger partial charge in [-0.25, -0.2) is 0 Å². The number of nitro groups is 1.